The highest BCUT2D eigenvalue weighted by atomic mass is 16.5. The molecule has 15 heavy (non-hydrogen) atoms. The highest BCUT2D eigenvalue weighted by Gasteiger charge is 2.36. The highest BCUT2D eigenvalue weighted by molar-refractivity contribution is 4.92. The normalized spacial score (nSPS) is 20.8. The largest absolute Gasteiger partial charge is 0.394 e. The SMILES string of the molecule is CCCN(CCC)C1(CO)CCOCC1. The van der Waals surface area contributed by atoms with E-state index in [1.807, 2.05) is 0 Å². The smallest absolute Gasteiger partial charge is 0.0617 e. The Morgan fingerprint density at radius 1 is 1.13 bits per heavy atom. The van der Waals surface area contributed by atoms with Gasteiger partial charge in [0.25, 0.3) is 0 Å². The van der Waals surface area contributed by atoms with Gasteiger partial charge in [0, 0.05) is 18.8 Å². The fraction of sp³-hybridized carbons (Fsp3) is 1.00. The molecule has 1 aliphatic heterocycles. The van der Waals surface area contributed by atoms with Gasteiger partial charge in [0.05, 0.1) is 6.61 Å². The molecule has 0 aromatic carbocycles. The van der Waals surface area contributed by atoms with Crippen LogP contribution in [0.4, 0.5) is 0 Å². The van der Waals surface area contributed by atoms with Crippen LogP contribution >= 0.6 is 0 Å². The molecule has 90 valence electrons. The summed E-state index contributed by atoms with van der Waals surface area (Å²) in [5, 5.41) is 9.67. The molecule has 1 fully saturated rings. The van der Waals surface area contributed by atoms with E-state index in [1.54, 1.807) is 0 Å². The first-order valence-corrected chi connectivity index (χ1v) is 6.22. The van der Waals surface area contributed by atoms with Gasteiger partial charge in [-0.2, -0.15) is 0 Å². The lowest BCUT2D eigenvalue weighted by Gasteiger charge is -2.45. The van der Waals surface area contributed by atoms with E-state index in [0.717, 1.165) is 52.0 Å². The van der Waals surface area contributed by atoms with Crippen LogP contribution in [-0.2, 0) is 4.74 Å². The monoisotopic (exact) mass is 215 g/mol. The summed E-state index contributed by atoms with van der Waals surface area (Å²) in [5.41, 5.74) is 0.00424. The first-order chi connectivity index (χ1) is 7.29. The van der Waals surface area contributed by atoms with Crippen LogP contribution < -0.4 is 0 Å². The second-order valence-corrected chi connectivity index (χ2v) is 4.48. The Morgan fingerprint density at radius 2 is 1.67 bits per heavy atom. The number of hydrogen-bond donors (Lipinski definition) is 1. The first-order valence-electron chi connectivity index (χ1n) is 6.22. The van der Waals surface area contributed by atoms with Gasteiger partial charge in [-0.15, -0.1) is 0 Å². The Morgan fingerprint density at radius 3 is 2.07 bits per heavy atom. The van der Waals surface area contributed by atoms with Crippen molar-refractivity contribution >= 4 is 0 Å². The minimum Gasteiger partial charge on any atom is -0.394 e. The maximum atomic E-state index is 9.67. The lowest BCUT2D eigenvalue weighted by Crippen LogP contribution is -2.55. The maximum absolute atomic E-state index is 9.67. The molecule has 1 heterocycles. The fourth-order valence-electron chi connectivity index (χ4n) is 2.45. The predicted octanol–water partition coefficient (Wildman–Crippen LogP) is 1.65. The van der Waals surface area contributed by atoms with E-state index in [9.17, 15) is 5.11 Å². The van der Waals surface area contributed by atoms with Crippen molar-refractivity contribution in [3.8, 4) is 0 Å². The summed E-state index contributed by atoms with van der Waals surface area (Å²) < 4.78 is 5.40. The molecule has 0 radical (unpaired) electrons. The van der Waals surface area contributed by atoms with E-state index in [2.05, 4.69) is 18.7 Å². The van der Waals surface area contributed by atoms with Crippen molar-refractivity contribution in [2.75, 3.05) is 32.9 Å². The van der Waals surface area contributed by atoms with E-state index < -0.39 is 0 Å². The molecule has 0 saturated carbocycles. The highest BCUT2D eigenvalue weighted by Crippen LogP contribution is 2.27. The standard InChI is InChI=1S/C12H25NO2/c1-3-7-13(8-4-2)12(11-14)5-9-15-10-6-12/h14H,3-11H2,1-2H3. The van der Waals surface area contributed by atoms with Gasteiger partial charge in [0.15, 0.2) is 0 Å². The quantitative estimate of drug-likeness (QED) is 0.731. The molecule has 1 rings (SSSR count). The third kappa shape index (κ3) is 3.16. The molecule has 1 aliphatic rings. The second-order valence-electron chi connectivity index (χ2n) is 4.48. The lowest BCUT2D eigenvalue weighted by molar-refractivity contribution is -0.0566. The van der Waals surface area contributed by atoms with Gasteiger partial charge in [-0.1, -0.05) is 13.8 Å². The van der Waals surface area contributed by atoms with Crippen molar-refractivity contribution in [1.82, 2.24) is 4.90 Å². The van der Waals surface area contributed by atoms with E-state index >= 15 is 0 Å². The van der Waals surface area contributed by atoms with E-state index in [-0.39, 0.29) is 12.1 Å². The second kappa shape index (κ2) is 6.46. The zero-order chi connectivity index (χ0) is 11.1. The summed E-state index contributed by atoms with van der Waals surface area (Å²) in [5.74, 6) is 0. The summed E-state index contributed by atoms with van der Waals surface area (Å²) >= 11 is 0. The van der Waals surface area contributed by atoms with Gasteiger partial charge in [0.1, 0.15) is 0 Å². The van der Waals surface area contributed by atoms with Crippen LogP contribution in [0.1, 0.15) is 39.5 Å². The van der Waals surface area contributed by atoms with Crippen LogP contribution in [0.15, 0.2) is 0 Å². The van der Waals surface area contributed by atoms with Gasteiger partial charge in [-0.25, -0.2) is 0 Å². The fourth-order valence-corrected chi connectivity index (χ4v) is 2.45. The average Bonchev–Trinajstić information content (AvgIpc) is 2.30. The molecule has 0 aromatic rings. The van der Waals surface area contributed by atoms with Crippen molar-refractivity contribution in [2.24, 2.45) is 0 Å². The van der Waals surface area contributed by atoms with E-state index in [1.165, 1.54) is 0 Å². The van der Waals surface area contributed by atoms with Crippen LogP contribution in [0.25, 0.3) is 0 Å². The first kappa shape index (κ1) is 12.9. The van der Waals surface area contributed by atoms with Crippen molar-refractivity contribution in [1.29, 1.82) is 0 Å². The Hall–Kier alpha value is -0.120. The number of ether oxygens (including phenoxy) is 1. The van der Waals surface area contributed by atoms with Crippen molar-refractivity contribution in [2.45, 2.75) is 45.1 Å². The summed E-state index contributed by atoms with van der Waals surface area (Å²) in [6.45, 7) is 8.45. The number of aliphatic hydroxyl groups excluding tert-OH is 1. The Labute approximate surface area is 93.4 Å². The molecule has 3 nitrogen and oxygen atoms in total. The average molecular weight is 215 g/mol. The molecule has 1 saturated heterocycles. The molecule has 0 bridgehead atoms. The van der Waals surface area contributed by atoms with Crippen LogP contribution in [0.5, 0.6) is 0 Å². The number of hydrogen-bond acceptors (Lipinski definition) is 3. The van der Waals surface area contributed by atoms with Gasteiger partial charge in [-0.3, -0.25) is 4.90 Å². The zero-order valence-electron chi connectivity index (χ0n) is 10.2. The van der Waals surface area contributed by atoms with Crippen LogP contribution in [0.3, 0.4) is 0 Å². The molecule has 3 heteroatoms. The van der Waals surface area contributed by atoms with Crippen LogP contribution in [-0.4, -0.2) is 48.5 Å². The predicted molar refractivity (Wildman–Crippen MR) is 62.0 cm³/mol. The number of rotatable bonds is 6. The molecule has 1 N–H and O–H groups in total. The van der Waals surface area contributed by atoms with Crippen molar-refractivity contribution < 1.29 is 9.84 Å². The summed E-state index contributed by atoms with van der Waals surface area (Å²) in [6.07, 6.45) is 4.26. The summed E-state index contributed by atoms with van der Waals surface area (Å²) in [7, 11) is 0. The van der Waals surface area contributed by atoms with Gasteiger partial charge in [0.2, 0.25) is 0 Å². The minimum absolute atomic E-state index is 0.00424. The van der Waals surface area contributed by atoms with E-state index in [4.69, 9.17) is 4.74 Å². The molecule has 0 unspecified atom stereocenters. The molecular formula is C12H25NO2. The lowest BCUT2D eigenvalue weighted by atomic mass is 9.88. The maximum Gasteiger partial charge on any atom is 0.0617 e. The Bertz CT molecular complexity index is 161. The molecule has 0 spiro atoms. The Balaban J connectivity index is 2.65. The molecule has 0 aromatic heterocycles. The molecule has 0 aliphatic carbocycles. The van der Waals surface area contributed by atoms with Gasteiger partial charge in [-0.05, 0) is 38.8 Å². The van der Waals surface area contributed by atoms with Gasteiger partial charge < -0.3 is 9.84 Å². The summed E-state index contributed by atoms with van der Waals surface area (Å²) in [4.78, 5) is 2.47. The summed E-state index contributed by atoms with van der Waals surface area (Å²) in [6, 6.07) is 0. The molecule has 0 atom stereocenters. The van der Waals surface area contributed by atoms with Crippen molar-refractivity contribution in [3.05, 3.63) is 0 Å². The number of nitrogens with zero attached hydrogens (tertiary/aromatic N) is 1. The van der Waals surface area contributed by atoms with Gasteiger partial charge >= 0.3 is 0 Å². The topological polar surface area (TPSA) is 32.7 Å². The Kier molecular flexibility index (Phi) is 5.58. The van der Waals surface area contributed by atoms with Crippen molar-refractivity contribution in [3.63, 3.8) is 0 Å². The third-order valence-electron chi connectivity index (χ3n) is 3.38. The minimum atomic E-state index is 0.00424. The van der Waals surface area contributed by atoms with Crippen LogP contribution in [0, 0.1) is 0 Å². The zero-order valence-corrected chi connectivity index (χ0v) is 10.2. The van der Waals surface area contributed by atoms with Crippen LogP contribution in [0.2, 0.25) is 0 Å². The number of aliphatic hydroxyl groups is 1. The molecule has 0 amide bonds. The molecular weight excluding hydrogens is 190 g/mol. The van der Waals surface area contributed by atoms with E-state index in [0.29, 0.717) is 0 Å². The third-order valence-corrected chi connectivity index (χ3v) is 3.38.